The molecule has 1 aliphatic heterocycles. The predicted octanol–water partition coefficient (Wildman–Crippen LogP) is 2.63. The molecule has 124 valence electrons. The number of aryl methyl sites for hydroxylation is 3. The van der Waals surface area contributed by atoms with Gasteiger partial charge in [0, 0.05) is 49.6 Å². The molecule has 0 aromatic carbocycles. The van der Waals surface area contributed by atoms with Gasteiger partial charge in [-0.25, -0.2) is 0 Å². The van der Waals surface area contributed by atoms with Crippen LogP contribution in [0.1, 0.15) is 28.3 Å². The van der Waals surface area contributed by atoms with E-state index in [2.05, 4.69) is 21.5 Å². The number of hydrogen-bond donors (Lipinski definition) is 0. The Kier molecular flexibility index (Phi) is 5.13. The fourth-order valence-electron chi connectivity index (χ4n) is 2.95. The van der Waals surface area contributed by atoms with E-state index in [1.807, 2.05) is 24.8 Å². The summed E-state index contributed by atoms with van der Waals surface area (Å²) in [6, 6.07) is 4.14. The Hall–Kier alpha value is -1.66. The van der Waals surface area contributed by atoms with Crippen molar-refractivity contribution in [2.24, 2.45) is 0 Å². The van der Waals surface area contributed by atoms with E-state index in [4.69, 9.17) is 4.52 Å². The van der Waals surface area contributed by atoms with Gasteiger partial charge in [-0.2, -0.15) is 0 Å². The van der Waals surface area contributed by atoms with E-state index in [1.165, 1.54) is 10.4 Å². The second-order valence-corrected chi connectivity index (χ2v) is 7.07. The van der Waals surface area contributed by atoms with Gasteiger partial charge >= 0.3 is 0 Å². The molecule has 0 spiro atoms. The van der Waals surface area contributed by atoms with Crippen LogP contribution in [0, 0.1) is 13.8 Å². The molecule has 0 radical (unpaired) electrons. The van der Waals surface area contributed by atoms with E-state index in [9.17, 15) is 4.79 Å². The van der Waals surface area contributed by atoms with Crippen LogP contribution in [0.4, 0.5) is 0 Å². The molecule has 1 fully saturated rings. The highest BCUT2D eigenvalue weighted by atomic mass is 32.1. The van der Waals surface area contributed by atoms with Gasteiger partial charge in [-0.05, 0) is 31.7 Å². The van der Waals surface area contributed by atoms with Crippen LogP contribution in [0.25, 0.3) is 0 Å². The fourth-order valence-corrected chi connectivity index (χ4v) is 3.66. The maximum absolute atomic E-state index is 12.3. The van der Waals surface area contributed by atoms with Crippen LogP contribution in [-0.2, 0) is 17.8 Å². The number of aromatic nitrogens is 1. The summed E-state index contributed by atoms with van der Waals surface area (Å²) in [7, 11) is 0. The van der Waals surface area contributed by atoms with Gasteiger partial charge in [0.05, 0.1) is 5.69 Å². The Balaban J connectivity index is 1.45. The molecule has 23 heavy (non-hydrogen) atoms. The zero-order chi connectivity index (χ0) is 16.2. The highest BCUT2D eigenvalue weighted by Gasteiger charge is 2.22. The lowest BCUT2D eigenvalue weighted by molar-refractivity contribution is -0.132. The van der Waals surface area contributed by atoms with E-state index < -0.39 is 0 Å². The van der Waals surface area contributed by atoms with Crippen molar-refractivity contribution in [2.75, 3.05) is 26.2 Å². The van der Waals surface area contributed by atoms with Crippen LogP contribution in [0.3, 0.4) is 0 Å². The largest absolute Gasteiger partial charge is 0.361 e. The lowest BCUT2D eigenvalue weighted by Gasteiger charge is -2.34. The number of carbonyl (C=O) groups is 1. The normalized spacial score (nSPS) is 16.0. The predicted molar refractivity (Wildman–Crippen MR) is 90.5 cm³/mol. The Labute approximate surface area is 140 Å². The third-order valence-corrected chi connectivity index (χ3v) is 5.39. The van der Waals surface area contributed by atoms with E-state index in [1.54, 1.807) is 11.3 Å². The average molecular weight is 333 g/mol. The number of amides is 1. The van der Waals surface area contributed by atoms with Gasteiger partial charge in [0.2, 0.25) is 5.91 Å². The van der Waals surface area contributed by atoms with Gasteiger partial charge in [-0.1, -0.05) is 11.2 Å². The van der Waals surface area contributed by atoms with Crippen LogP contribution in [-0.4, -0.2) is 47.0 Å². The first-order chi connectivity index (χ1) is 11.1. The fraction of sp³-hybridized carbons (Fsp3) is 0.529. The molecule has 3 rings (SSSR count). The van der Waals surface area contributed by atoms with Crippen molar-refractivity contribution in [3.8, 4) is 0 Å². The molecule has 3 heterocycles. The van der Waals surface area contributed by atoms with Gasteiger partial charge < -0.3 is 9.42 Å². The van der Waals surface area contributed by atoms with Gasteiger partial charge in [0.15, 0.2) is 0 Å². The molecule has 0 N–H and O–H groups in total. The summed E-state index contributed by atoms with van der Waals surface area (Å²) in [4.78, 5) is 18.0. The molecule has 1 saturated heterocycles. The Bertz CT molecular complexity index is 623. The van der Waals surface area contributed by atoms with Crippen molar-refractivity contribution in [2.45, 2.75) is 33.2 Å². The minimum atomic E-state index is 0.274. The third kappa shape index (κ3) is 4.00. The van der Waals surface area contributed by atoms with Gasteiger partial charge in [-0.3, -0.25) is 9.69 Å². The first-order valence-electron chi connectivity index (χ1n) is 8.08. The van der Waals surface area contributed by atoms with Gasteiger partial charge in [0.1, 0.15) is 5.76 Å². The van der Waals surface area contributed by atoms with Crippen molar-refractivity contribution < 1.29 is 9.32 Å². The molecular formula is C17H23N3O2S. The Morgan fingerprint density at radius 1 is 1.30 bits per heavy atom. The summed E-state index contributed by atoms with van der Waals surface area (Å²) < 4.78 is 5.22. The van der Waals surface area contributed by atoms with Crippen molar-refractivity contribution in [1.29, 1.82) is 0 Å². The summed E-state index contributed by atoms with van der Waals surface area (Å²) in [5.41, 5.74) is 2.15. The molecular weight excluding hydrogens is 310 g/mol. The summed E-state index contributed by atoms with van der Waals surface area (Å²) in [6.07, 6.45) is 1.47. The van der Waals surface area contributed by atoms with Crippen LogP contribution in [0.15, 0.2) is 22.0 Å². The van der Waals surface area contributed by atoms with E-state index in [-0.39, 0.29) is 5.91 Å². The first kappa shape index (κ1) is 16.2. The minimum absolute atomic E-state index is 0.274. The summed E-state index contributed by atoms with van der Waals surface area (Å²) in [6.45, 7) is 8.25. The monoisotopic (exact) mass is 333 g/mol. The molecule has 1 aliphatic rings. The summed E-state index contributed by atoms with van der Waals surface area (Å²) in [5.74, 6) is 1.17. The Morgan fingerprint density at radius 3 is 2.70 bits per heavy atom. The van der Waals surface area contributed by atoms with Gasteiger partial charge in [0.25, 0.3) is 0 Å². The van der Waals surface area contributed by atoms with Crippen LogP contribution < -0.4 is 0 Å². The molecule has 1 amide bonds. The van der Waals surface area contributed by atoms with Gasteiger partial charge in [-0.15, -0.1) is 11.3 Å². The zero-order valence-electron chi connectivity index (χ0n) is 13.7. The number of thiophene rings is 1. The SMILES string of the molecule is Cc1noc(C)c1CN1CCN(C(=O)CCc2cccs2)CC1. The number of carbonyl (C=O) groups excluding carboxylic acids is 1. The summed E-state index contributed by atoms with van der Waals surface area (Å²) >= 11 is 1.72. The van der Waals surface area contributed by atoms with E-state index in [0.717, 1.165) is 50.6 Å². The zero-order valence-corrected chi connectivity index (χ0v) is 14.6. The van der Waals surface area contributed by atoms with Crippen molar-refractivity contribution in [3.05, 3.63) is 39.4 Å². The van der Waals surface area contributed by atoms with E-state index >= 15 is 0 Å². The maximum atomic E-state index is 12.3. The smallest absolute Gasteiger partial charge is 0.223 e. The molecule has 0 bridgehead atoms. The summed E-state index contributed by atoms with van der Waals surface area (Å²) in [5, 5.41) is 6.07. The Morgan fingerprint density at radius 2 is 2.09 bits per heavy atom. The maximum Gasteiger partial charge on any atom is 0.223 e. The number of piperazine rings is 1. The number of hydrogen-bond acceptors (Lipinski definition) is 5. The quantitative estimate of drug-likeness (QED) is 0.844. The minimum Gasteiger partial charge on any atom is -0.361 e. The topological polar surface area (TPSA) is 49.6 Å². The molecule has 0 atom stereocenters. The average Bonchev–Trinajstić information content (AvgIpc) is 3.18. The lowest BCUT2D eigenvalue weighted by Crippen LogP contribution is -2.48. The first-order valence-corrected chi connectivity index (χ1v) is 8.95. The molecule has 5 nitrogen and oxygen atoms in total. The van der Waals surface area contributed by atoms with Crippen molar-refractivity contribution >= 4 is 17.2 Å². The highest BCUT2D eigenvalue weighted by Crippen LogP contribution is 2.17. The molecule has 0 aliphatic carbocycles. The molecule has 2 aromatic rings. The van der Waals surface area contributed by atoms with Crippen molar-refractivity contribution in [1.82, 2.24) is 15.0 Å². The number of rotatable bonds is 5. The van der Waals surface area contributed by atoms with Crippen LogP contribution in [0.5, 0.6) is 0 Å². The number of nitrogens with zero attached hydrogens (tertiary/aromatic N) is 3. The molecule has 6 heteroatoms. The highest BCUT2D eigenvalue weighted by molar-refractivity contribution is 7.09. The molecule has 0 unspecified atom stereocenters. The third-order valence-electron chi connectivity index (χ3n) is 4.45. The van der Waals surface area contributed by atoms with Crippen LogP contribution in [0.2, 0.25) is 0 Å². The second kappa shape index (κ2) is 7.27. The molecule has 0 saturated carbocycles. The lowest BCUT2D eigenvalue weighted by atomic mass is 10.1. The van der Waals surface area contributed by atoms with Crippen molar-refractivity contribution in [3.63, 3.8) is 0 Å². The van der Waals surface area contributed by atoms with E-state index in [0.29, 0.717) is 6.42 Å². The molecule has 2 aromatic heterocycles. The van der Waals surface area contributed by atoms with Crippen LogP contribution >= 0.6 is 11.3 Å². The second-order valence-electron chi connectivity index (χ2n) is 6.04. The standard InChI is InChI=1S/C17H23N3O2S/c1-13-16(14(2)22-18-13)12-19-7-9-20(10-8-19)17(21)6-5-15-4-3-11-23-15/h3-4,11H,5-10,12H2,1-2H3.